The lowest BCUT2D eigenvalue weighted by Crippen LogP contribution is -2.31. The van der Waals surface area contributed by atoms with E-state index in [1.165, 1.54) is 37.8 Å². The summed E-state index contributed by atoms with van der Waals surface area (Å²) >= 11 is 0. The highest BCUT2D eigenvalue weighted by molar-refractivity contribution is 6.14. The summed E-state index contributed by atoms with van der Waals surface area (Å²) in [6, 6.07) is 12.8. The summed E-state index contributed by atoms with van der Waals surface area (Å²) in [4.78, 5) is 32.7. The van der Waals surface area contributed by atoms with Crippen LogP contribution in [-0.2, 0) is 11.2 Å². The van der Waals surface area contributed by atoms with E-state index in [0.717, 1.165) is 71.9 Å². The zero-order valence-electron chi connectivity index (χ0n) is 24.6. The lowest BCUT2D eigenvalue weighted by molar-refractivity contribution is -0.116. The summed E-state index contributed by atoms with van der Waals surface area (Å²) in [5.41, 5.74) is 8.11. The molecule has 3 aromatic rings. The molecule has 0 aliphatic carbocycles. The van der Waals surface area contributed by atoms with Gasteiger partial charge in [-0.05, 0) is 119 Å². The number of aliphatic imine (C=N–C) groups is 1. The first-order chi connectivity index (χ1) is 19.9. The first kappa shape index (κ1) is 27.6. The molecule has 214 valence electrons. The summed E-state index contributed by atoms with van der Waals surface area (Å²) < 4.78 is 0. The van der Waals surface area contributed by atoms with E-state index in [1.54, 1.807) is 6.20 Å². The van der Waals surface area contributed by atoms with Crippen LogP contribution in [0, 0.1) is 5.92 Å². The Morgan fingerprint density at radius 3 is 2.49 bits per heavy atom. The predicted octanol–water partition coefficient (Wildman–Crippen LogP) is 6.28. The van der Waals surface area contributed by atoms with Crippen LogP contribution in [0.15, 0.2) is 60.0 Å². The number of benzene rings is 1. The molecule has 7 nitrogen and oxygen atoms in total. The molecule has 2 unspecified atom stereocenters. The third-order valence-corrected chi connectivity index (χ3v) is 9.13. The molecule has 2 fully saturated rings. The van der Waals surface area contributed by atoms with E-state index in [2.05, 4.69) is 64.4 Å². The van der Waals surface area contributed by atoms with Crippen molar-refractivity contribution in [3.63, 3.8) is 0 Å². The molecule has 2 atom stereocenters. The molecule has 1 N–H and O–H groups in total. The van der Waals surface area contributed by atoms with Crippen LogP contribution in [-0.4, -0.2) is 59.7 Å². The second kappa shape index (κ2) is 12.1. The van der Waals surface area contributed by atoms with E-state index in [0.29, 0.717) is 5.92 Å². The fourth-order valence-corrected chi connectivity index (χ4v) is 6.70. The molecule has 0 radical (unpaired) electrons. The van der Waals surface area contributed by atoms with Crippen LogP contribution < -0.4 is 10.2 Å². The maximum atomic E-state index is 13.7. The first-order valence-corrected chi connectivity index (χ1v) is 15.3. The Morgan fingerprint density at radius 2 is 1.73 bits per heavy atom. The number of carbonyl (C=O) groups excluding carboxylic acids is 1. The Bertz CT molecular complexity index is 1400. The lowest BCUT2D eigenvalue weighted by Gasteiger charge is -2.29. The summed E-state index contributed by atoms with van der Waals surface area (Å²) in [5, 5.41) is 3.14. The molecule has 5 heterocycles. The monoisotopic (exact) mass is 550 g/mol. The number of amides is 1. The highest BCUT2D eigenvalue weighted by atomic mass is 16.1. The summed E-state index contributed by atoms with van der Waals surface area (Å²) in [7, 11) is 2.19. The minimum Gasteiger partial charge on any atom is -0.370 e. The van der Waals surface area contributed by atoms with Gasteiger partial charge in [-0.25, -0.2) is 0 Å². The Kier molecular flexibility index (Phi) is 8.15. The molecule has 3 aliphatic heterocycles. The van der Waals surface area contributed by atoms with Crippen molar-refractivity contribution < 1.29 is 4.79 Å². The van der Waals surface area contributed by atoms with Crippen molar-refractivity contribution in [3.8, 4) is 11.1 Å². The van der Waals surface area contributed by atoms with Gasteiger partial charge in [0.25, 0.3) is 0 Å². The Labute approximate surface area is 244 Å². The summed E-state index contributed by atoms with van der Waals surface area (Å²) in [5.74, 6) is 0.170. The molecule has 6 rings (SSSR count). The molecule has 2 aromatic heterocycles. The number of rotatable bonds is 6. The van der Waals surface area contributed by atoms with Gasteiger partial charge in [-0.2, -0.15) is 0 Å². The number of nitrogens with one attached hydrogen (secondary N) is 1. The van der Waals surface area contributed by atoms with Crippen LogP contribution in [0.2, 0.25) is 0 Å². The molecule has 1 aromatic carbocycles. The smallest absolute Gasteiger partial charge is 0.237 e. The SMILES string of the molecule is CC1=NC(C)c2ccc(-c3cncc(N4CCCCC4)c3)cc2C1C(=O)Nc1ccc(CC2CCN(C)CC2)nc1. The summed E-state index contributed by atoms with van der Waals surface area (Å²) in [6.07, 6.45) is 12.9. The summed E-state index contributed by atoms with van der Waals surface area (Å²) in [6.45, 7) is 8.55. The number of piperidine rings is 2. The lowest BCUT2D eigenvalue weighted by atomic mass is 9.83. The molecule has 7 heteroatoms. The van der Waals surface area contributed by atoms with Crippen molar-refractivity contribution in [2.45, 2.75) is 64.3 Å². The van der Waals surface area contributed by atoms with Crippen molar-refractivity contribution in [3.05, 3.63) is 71.8 Å². The van der Waals surface area contributed by atoms with E-state index in [4.69, 9.17) is 9.98 Å². The topological polar surface area (TPSA) is 73.7 Å². The van der Waals surface area contributed by atoms with Crippen molar-refractivity contribution in [1.82, 2.24) is 14.9 Å². The van der Waals surface area contributed by atoms with Crippen molar-refractivity contribution in [2.24, 2.45) is 10.9 Å². The number of aromatic nitrogens is 2. The molecule has 3 aliphatic rings. The first-order valence-electron chi connectivity index (χ1n) is 15.3. The number of likely N-dealkylation sites (tertiary alicyclic amines) is 1. The second-order valence-corrected chi connectivity index (χ2v) is 12.2. The molecular formula is C34H42N6O. The number of hydrogen-bond donors (Lipinski definition) is 1. The molecule has 1 amide bonds. The Morgan fingerprint density at radius 1 is 0.927 bits per heavy atom. The molecule has 2 saturated heterocycles. The van der Waals surface area contributed by atoms with Crippen LogP contribution in [0.3, 0.4) is 0 Å². The minimum absolute atomic E-state index is 0.0152. The molecule has 41 heavy (non-hydrogen) atoms. The second-order valence-electron chi connectivity index (χ2n) is 12.2. The van der Waals surface area contributed by atoms with Crippen LogP contribution >= 0.6 is 0 Å². The van der Waals surface area contributed by atoms with Crippen molar-refractivity contribution in [2.75, 3.05) is 43.4 Å². The van der Waals surface area contributed by atoms with Gasteiger partial charge in [-0.15, -0.1) is 0 Å². The number of pyridine rings is 2. The number of fused-ring (bicyclic) bond motifs is 1. The number of carbonyl (C=O) groups is 1. The molecule has 0 spiro atoms. The van der Waals surface area contributed by atoms with E-state index in [1.807, 2.05) is 25.4 Å². The number of anilines is 2. The highest BCUT2D eigenvalue weighted by Crippen LogP contribution is 2.38. The number of hydrogen-bond acceptors (Lipinski definition) is 6. The van der Waals surface area contributed by atoms with E-state index in [9.17, 15) is 4.79 Å². The quantitative estimate of drug-likeness (QED) is 0.391. The van der Waals surface area contributed by atoms with Crippen LogP contribution in [0.4, 0.5) is 11.4 Å². The fraction of sp³-hybridized carbons (Fsp3) is 0.471. The van der Waals surface area contributed by atoms with Gasteiger partial charge in [0.15, 0.2) is 0 Å². The van der Waals surface area contributed by atoms with E-state index in [-0.39, 0.29) is 11.9 Å². The van der Waals surface area contributed by atoms with Gasteiger partial charge in [0, 0.05) is 36.3 Å². The third-order valence-electron chi connectivity index (χ3n) is 9.13. The average molecular weight is 551 g/mol. The van der Waals surface area contributed by atoms with Gasteiger partial charge in [0.1, 0.15) is 5.92 Å². The van der Waals surface area contributed by atoms with Gasteiger partial charge in [-0.1, -0.05) is 12.1 Å². The zero-order valence-corrected chi connectivity index (χ0v) is 24.6. The molecular weight excluding hydrogens is 508 g/mol. The molecule has 0 saturated carbocycles. The van der Waals surface area contributed by atoms with E-state index < -0.39 is 5.92 Å². The average Bonchev–Trinajstić information content (AvgIpc) is 2.99. The fourth-order valence-electron chi connectivity index (χ4n) is 6.70. The minimum atomic E-state index is -0.446. The van der Waals surface area contributed by atoms with Gasteiger partial charge >= 0.3 is 0 Å². The van der Waals surface area contributed by atoms with Crippen molar-refractivity contribution in [1.29, 1.82) is 0 Å². The highest BCUT2D eigenvalue weighted by Gasteiger charge is 2.32. The zero-order chi connectivity index (χ0) is 28.3. The van der Waals surface area contributed by atoms with Gasteiger partial charge in [0.2, 0.25) is 5.91 Å². The van der Waals surface area contributed by atoms with Crippen LogP contribution in [0.1, 0.15) is 74.7 Å². The van der Waals surface area contributed by atoms with Crippen LogP contribution in [0.25, 0.3) is 11.1 Å². The number of nitrogens with zero attached hydrogens (tertiary/aromatic N) is 5. The van der Waals surface area contributed by atoms with E-state index >= 15 is 0 Å². The largest absolute Gasteiger partial charge is 0.370 e. The third kappa shape index (κ3) is 6.20. The van der Waals surface area contributed by atoms with Gasteiger partial charge in [-0.3, -0.25) is 19.8 Å². The van der Waals surface area contributed by atoms with Crippen molar-refractivity contribution >= 4 is 23.0 Å². The standard InChI is InChI=1S/C34H42N6O/c1-23-31-10-7-26(27-18-30(22-35-20-27)40-13-5-4-6-14-40)19-32(31)33(24(2)37-23)34(41)38-29-9-8-28(36-21-29)17-25-11-15-39(3)16-12-25/h7-10,18-23,25,33H,4-6,11-17H2,1-3H3,(H,38,41). The Balaban J connectivity index is 1.20. The maximum Gasteiger partial charge on any atom is 0.237 e. The normalized spacial score (nSPS) is 21.7. The molecule has 0 bridgehead atoms. The predicted molar refractivity (Wildman–Crippen MR) is 167 cm³/mol. The Hall–Kier alpha value is -3.58. The van der Waals surface area contributed by atoms with Gasteiger partial charge < -0.3 is 15.1 Å². The van der Waals surface area contributed by atoms with Gasteiger partial charge in [0.05, 0.1) is 29.8 Å². The van der Waals surface area contributed by atoms with Crippen LogP contribution in [0.5, 0.6) is 0 Å². The maximum absolute atomic E-state index is 13.7.